The number of primary amides is 1. The van der Waals surface area contributed by atoms with Crippen LogP contribution >= 0.6 is 0 Å². The maximum Gasteiger partial charge on any atom is 0.244 e. The van der Waals surface area contributed by atoms with Crippen LogP contribution < -0.4 is 5.73 Å². The number of nitrogens with two attached hydrogens (primary N) is 1. The van der Waals surface area contributed by atoms with E-state index in [1.54, 1.807) is 0 Å². The summed E-state index contributed by atoms with van der Waals surface area (Å²) in [4.78, 5) is 18.0. The molecule has 3 N–H and O–H groups in total. The van der Waals surface area contributed by atoms with Crippen LogP contribution in [0.5, 0.6) is 0 Å². The number of amides is 1. The number of hydrogen-bond acceptors (Lipinski definition) is 2. The molecule has 1 aliphatic rings. The van der Waals surface area contributed by atoms with Gasteiger partial charge < -0.3 is 10.7 Å². The van der Waals surface area contributed by atoms with Gasteiger partial charge in [-0.15, -0.1) is 0 Å². The summed E-state index contributed by atoms with van der Waals surface area (Å²) >= 11 is 0. The van der Waals surface area contributed by atoms with Gasteiger partial charge in [-0.3, -0.25) is 9.69 Å². The highest BCUT2D eigenvalue weighted by molar-refractivity contribution is 5.92. The molecule has 32 heavy (non-hydrogen) atoms. The topological polar surface area (TPSA) is 62.1 Å². The van der Waals surface area contributed by atoms with Gasteiger partial charge in [0.05, 0.1) is 0 Å². The van der Waals surface area contributed by atoms with Crippen molar-refractivity contribution in [2.45, 2.75) is 56.9 Å². The quantitative estimate of drug-likeness (QED) is 0.357. The predicted octanol–water partition coefficient (Wildman–Crippen LogP) is 5.69. The Hall–Kier alpha value is -2.85. The molecule has 0 atom stereocenters. The fourth-order valence-electron chi connectivity index (χ4n) is 5.44. The Bertz CT molecular complexity index is 1080. The van der Waals surface area contributed by atoms with Crippen LogP contribution in [0, 0.1) is 0 Å². The van der Waals surface area contributed by atoms with E-state index in [2.05, 4.69) is 84.8 Å². The number of fused-ring (bicyclic) bond motifs is 1. The molecule has 0 radical (unpaired) electrons. The van der Waals surface area contributed by atoms with E-state index in [0.717, 1.165) is 56.9 Å². The summed E-state index contributed by atoms with van der Waals surface area (Å²) in [5.41, 5.74) is 11.9. The lowest BCUT2D eigenvalue weighted by molar-refractivity contribution is -0.114. The number of aromatic nitrogens is 1. The number of benzene rings is 2. The lowest BCUT2D eigenvalue weighted by Crippen LogP contribution is -2.43. The van der Waals surface area contributed by atoms with Gasteiger partial charge in [-0.05, 0) is 82.7 Å². The predicted molar refractivity (Wildman–Crippen MR) is 132 cm³/mol. The molecule has 4 rings (SSSR count). The first-order chi connectivity index (χ1) is 15.5. The highest BCUT2D eigenvalue weighted by Gasteiger charge is 2.37. The summed E-state index contributed by atoms with van der Waals surface area (Å²) in [5, 5.41) is 1.30. The van der Waals surface area contributed by atoms with Crippen molar-refractivity contribution in [3.63, 3.8) is 0 Å². The SMILES string of the molecule is CN(C)C1(c2ccccc2)CCC(=C(CCCCc2c[nH]c3ccccc23)C(N)=O)CC1. The number of carbonyl (C=O) groups is 1. The zero-order chi connectivity index (χ0) is 22.6. The van der Waals surface area contributed by atoms with Gasteiger partial charge in [0, 0.05) is 28.2 Å². The number of H-pyrrole nitrogens is 1. The third-order valence-electron chi connectivity index (χ3n) is 7.37. The molecule has 0 aliphatic heterocycles. The van der Waals surface area contributed by atoms with E-state index < -0.39 is 0 Å². The van der Waals surface area contributed by atoms with Crippen molar-refractivity contribution in [2.75, 3.05) is 14.1 Å². The van der Waals surface area contributed by atoms with Gasteiger partial charge in [0.25, 0.3) is 0 Å². The van der Waals surface area contributed by atoms with Gasteiger partial charge in [-0.2, -0.15) is 0 Å². The summed E-state index contributed by atoms with van der Waals surface area (Å²) in [7, 11) is 4.34. The molecular formula is C28H35N3O. The fraction of sp³-hybridized carbons (Fsp3) is 0.393. The normalized spacial score (nSPS) is 18.9. The van der Waals surface area contributed by atoms with E-state index in [1.807, 2.05) is 0 Å². The van der Waals surface area contributed by atoms with Crippen molar-refractivity contribution < 1.29 is 4.79 Å². The summed E-state index contributed by atoms with van der Waals surface area (Å²) in [6, 6.07) is 19.2. The molecule has 1 aliphatic carbocycles. The Kier molecular flexibility index (Phi) is 6.80. The third-order valence-corrected chi connectivity index (χ3v) is 7.37. The van der Waals surface area contributed by atoms with Gasteiger partial charge in [0.15, 0.2) is 0 Å². The Morgan fingerprint density at radius 1 is 1.00 bits per heavy atom. The standard InChI is InChI=1S/C28H35N3O/c1-31(2)28(23-11-4-3-5-12-23)18-16-21(17-19-28)25(27(29)32)14-7-6-10-22-20-30-26-15-9-8-13-24(22)26/h3-5,8-9,11-13,15,20,30H,6-7,10,14,16-19H2,1-2H3,(H2,29,32). The number of rotatable bonds is 8. The molecule has 2 aromatic carbocycles. The molecule has 1 heterocycles. The number of nitrogens with zero attached hydrogens (tertiary/aromatic N) is 1. The van der Waals surface area contributed by atoms with Crippen molar-refractivity contribution in [1.29, 1.82) is 0 Å². The summed E-state index contributed by atoms with van der Waals surface area (Å²) < 4.78 is 0. The van der Waals surface area contributed by atoms with E-state index in [9.17, 15) is 4.79 Å². The van der Waals surface area contributed by atoms with Crippen LogP contribution in [0.4, 0.5) is 0 Å². The first kappa shape index (κ1) is 22.3. The number of para-hydroxylation sites is 1. The second kappa shape index (κ2) is 9.74. The summed E-state index contributed by atoms with van der Waals surface area (Å²) in [6.07, 6.45) is 9.87. The molecule has 0 spiro atoms. The van der Waals surface area contributed by atoms with Crippen LogP contribution in [-0.4, -0.2) is 29.9 Å². The van der Waals surface area contributed by atoms with Crippen molar-refractivity contribution >= 4 is 16.8 Å². The minimum Gasteiger partial charge on any atom is -0.366 e. The number of carbonyl (C=O) groups excluding carboxylic acids is 1. The number of aromatic amines is 1. The average molecular weight is 430 g/mol. The van der Waals surface area contributed by atoms with E-state index in [-0.39, 0.29) is 11.4 Å². The maximum atomic E-state index is 12.3. The van der Waals surface area contributed by atoms with Crippen LogP contribution in [0.2, 0.25) is 0 Å². The van der Waals surface area contributed by atoms with E-state index in [1.165, 1.54) is 27.6 Å². The second-order valence-electron chi connectivity index (χ2n) is 9.30. The van der Waals surface area contributed by atoms with Crippen LogP contribution in [-0.2, 0) is 16.8 Å². The number of unbranched alkanes of at least 4 members (excludes halogenated alkanes) is 1. The largest absolute Gasteiger partial charge is 0.366 e. The summed E-state index contributed by atoms with van der Waals surface area (Å²) in [5.74, 6) is -0.232. The van der Waals surface area contributed by atoms with Crippen LogP contribution in [0.15, 0.2) is 71.9 Å². The van der Waals surface area contributed by atoms with Crippen LogP contribution in [0.3, 0.4) is 0 Å². The van der Waals surface area contributed by atoms with Crippen LogP contribution in [0.1, 0.15) is 56.1 Å². The van der Waals surface area contributed by atoms with Crippen molar-refractivity contribution in [2.24, 2.45) is 5.73 Å². The van der Waals surface area contributed by atoms with Gasteiger partial charge in [-0.1, -0.05) is 54.1 Å². The van der Waals surface area contributed by atoms with Gasteiger partial charge >= 0.3 is 0 Å². The first-order valence-corrected chi connectivity index (χ1v) is 11.8. The fourth-order valence-corrected chi connectivity index (χ4v) is 5.44. The molecule has 1 aromatic heterocycles. The molecule has 1 amide bonds. The van der Waals surface area contributed by atoms with Crippen molar-refractivity contribution in [3.8, 4) is 0 Å². The lowest BCUT2D eigenvalue weighted by Gasteiger charge is -2.44. The molecule has 3 aromatic rings. The smallest absolute Gasteiger partial charge is 0.244 e. The number of hydrogen-bond donors (Lipinski definition) is 2. The van der Waals surface area contributed by atoms with Crippen LogP contribution in [0.25, 0.3) is 10.9 Å². The molecule has 168 valence electrons. The third kappa shape index (κ3) is 4.51. The van der Waals surface area contributed by atoms with E-state index in [0.29, 0.717) is 0 Å². The molecule has 0 unspecified atom stereocenters. The molecular weight excluding hydrogens is 394 g/mol. The highest BCUT2D eigenvalue weighted by atomic mass is 16.1. The monoisotopic (exact) mass is 429 g/mol. The summed E-state index contributed by atoms with van der Waals surface area (Å²) in [6.45, 7) is 0. The van der Waals surface area contributed by atoms with Crippen molar-refractivity contribution in [1.82, 2.24) is 9.88 Å². The lowest BCUT2D eigenvalue weighted by atomic mass is 9.72. The molecule has 4 nitrogen and oxygen atoms in total. The first-order valence-electron chi connectivity index (χ1n) is 11.8. The average Bonchev–Trinajstić information content (AvgIpc) is 3.22. The van der Waals surface area contributed by atoms with E-state index in [4.69, 9.17) is 5.73 Å². The minimum atomic E-state index is -0.232. The minimum absolute atomic E-state index is 0.0306. The van der Waals surface area contributed by atoms with Gasteiger partial charge in [0.1, 0.15) is 0 Å². The Labute approximate surface area is 191 Å². The Morgan fingerprint density at radius 2 is 1.69 bits per heavy atom. The maximum absolute atomic E-state index is 12.3. The Morgan fingerprint density at radius 3 is 2.38 bits per heavy atom. The second-order valence-corrected chi connectivity index (χ2v) is 9.30. The van der Waals surface area contributed by atoms with Gasteiger partial charge in [0.2, 0.25) is 5.91 Å². The zero-order valence-corrected chi connectivity index (χ0v) is 19.4. The molecule has 4 heteroatoms. The molecule has 1 fully saturated rings. The zero-order valence-electron chi connectivity index (χ0n) is 19.4. The number of allylic oxidation sites excluding steroid dienone is 1. The molecule has 1 saturated carbocycles. The highest BCUT2D eigenvalue weighted by Crippen LogP contribution is 2.44. The molecule has 0 saturated heterocycles. The molecule has 0 bridgehead atoms. The Balaban J connectivity index is 1.40. The van der Waals surface area contributed by atoms with Crippen molar-refractivity contribution in [3.05, 3.63) is 83.1 Å². The number of aryl methyl sites for hydroxylation is 1. The van der Waals surface area contributed by atoms with E-state index >= 15 is 0 Å². The number of nitrogens with one attached hydrogen (secondary N) is 1. The van der Waals surface area contributed by atoms with Gasteiger partial charge in [-0.25, -0.2) is 0 Å².